The van der Waals surface area contributed by atoms with Crippen LogP contribution in [-0.4, -0.2) is 11.0 Å². The molecule has 1 aliphatic rings. The second kappa shape index (κ2) is 9.14. The third-order valence-corrected chi connectivity index (χ3v) is 4.71. The Labute approximate surface area is 142 Å². The van der Waals surface area contributed by atoms with Crippen molar-refractivity contribution in [1.29, 1.82) is 0 Å². The maximum Gasteiger partial charge on any atom is 0.417 e. The number of hydrogen-bond donors (Lipinski definition) is 2. The van der Waals surface area contributed by atoms with E-state index in [1.165, 1.54) is 44.9 Å². The molecule has 6 heteroatoms. The normalized spacial score (nSPS) is 19.3. The summed E-state index contributed by atoms with van der Waals surface area (Å²) < 4.78 is 38.6. The van der Waals surface area contributed by atoms with Gasteiger partial charge >= 0.3 is 6.18 Å². The largest absolute Gasteiger partial charge is 0.417 e. The molecule has 2 rings (SSSR count). The molecule has 136 valence electrons. The summed E-state index contributed by atoms with van der Waals surface area (Å²) in [5.74, 6) is 0.133. The van der Waals surface area contributed by atoms with E-state index < -0.39 is 11.7 Å². The van der Waals surface area contributed by atoms with Crippen molar-refractivity contribution < 1.29 is 13.2 Å². The number of alkyl halides is 3. The fraction of sp³-hybridized carbons (Fsp3) is 0.722. The quantitative estimate of drug-likeness (QED) is 0.717. The summed E-state index contributed by atoms with van der Waals surface area (Å²) in [6.07, 6.45) is 9.33. The highest BCUT2D eigenvalue weighted by atomic mass is 19.4. The minimum atomic E-state index is -4.40. The number of nitrogens with two attached hydrogens (primary N) is 1. The molecule has 0 bridgehead atoms. The van der Waals surface area contributed by atoms with Crippen molar-refractivity contribution in [3.05, 3.63) is 17.8 Å². The van der Waals surface area contributed by atoms with Crippen LogP contribution < -0.4 is 11.1 Å². The topological polar surface area (TPSA) is 50.9 Å². The molecule has 3 N–H and O–H groups in total. The van der Waals surface area contributed by atoms with Gasteiger partial charge in [-0.25, -0.2) is 4.98 Å². The van der Waals surface area contributed by atoms with Gasteiger partial charge in [-0.15, -0.1) is 0 Å². The van der Waals surface area contributed by atoms with Gasteiger partial charge in [0.15, 0.2) is 0 Å². The fourth-order valence-electron chi connectivity index (χ4n) is 3.27. The fourth-order valence-corrected chi connectivity index (χ4v) is 3.27. The van der Waals surface area contributed by atoms with E-state index in [4.69, 9.17) is 5.73 Å². The second-order valence-electron chi connectivity index (χ2n) is 6.76. The van der Waals surface area contributed by atoms with Crippen molar-refractivity contribution in [3.8, 4) is 0 Å². The molecule has 0 aliphatic heterocycles. The summed E-state index contributed by atoms with van der Waals surface area (Å²) >= 11 is 0. The van der Waals surface area contributed by atoms with Gasteiger partial charge < -0.3 is 11.1 Å². The van der Waals surface area contributed by atoms with Crippen LogP contribution in [0.5, 0.6) is 0 Å². The average molecular weight is 343 g/mol. The molecule has 0 unspecified atom stereocenters. The molecule has 24 heavy (non-hydrogen) atoms. The van der Waals surface area contributed by atoms with Crippen LogP contribution in [0, 0.1) is 0 Å². The molecule has 3 nitrogen and oxygen atoms in total. The van der Waals surface area contributed by atoms with Gasteiger partial charge in [-0.3, -0.25) is 0 Å². The Kier molecular flexibility index (Phi) is 7.18. The summed E-state index contributed by atoms with van der Waals surface area (Å²) in [6.45, 7) is 0. The molecule has 0 radical (unpaired) electrons. The predicted molar refractivity (Wildman–Crippen MR) is 91.8 cm³/mol. The van der Waals surface area contributed by atoms with Gasteiger partial charge in [0.25, 0.3) is 0 Å². The van der Waals surface area contributed by atoms with Crippen LogP contribution in [0.4, 0.5) is 24.7 Å². The molecule has 0 spiro atoms. The van der Waals surface area contributed by atoms with E-state index in [9.17, 15) is 13.2 Å². The second-order valence-corrected chi connectivity index (χ2v) is 6.76. The lowest BCUT2D eigenvalue weighted by molar-refractivity contribution is -0.137. The van der Waals surface area contributed by atoms with Crippen LogP contribution in [0.3, 0.4) is 0 Å². The van der Waals surface area contributed by atoms with Crippen molar-refractivity contribution in [2.45, 2.75) is 82.8 Å². The zero-order valence-corrected chi connectivity index (χ0v) is 14.2. The summed E-state index contributed by atoms with van der Waals surface area (Å²) in [4.78, 5) is 3.71. The van der Waals surface area contributed by atoms with E-state index in [2.05, 4.69) is 10.3 Å². The van der Waals surface area contributed by atoms with Gasteiger partial charge in [0.1, 0.15) is 5.82 Å². The van der Waals surface area contributed by atoms with Crippen LogP contribution >= 0.6 is 0 Å². The van der Waals surface area contributed by atoms with E-state index >= 15 is 0 Å². The van der Waals surface area contributed by atoms with Crippen molar-refractivity contribution in [2.75, 3.05) is 11.1 Å². The third kappa shape index (κ3) is 6.21. The number of nitrogen functional groups attached to an aromatic ring is 1. The highest BCUT2D eigenvalue weighted by molar-refractivity contribution is 5.63. The van der Waals surface area contributed by atoms with Crippen LogP contribution in [0.2, 0.25) is 0 Å². The molecular formula is C18H28F3N3. The Morgan fingerprint density at radius 3 is 1.92 bits per heavy atom. The highest BCUT2D eigenvalue weighted by Crippen LogP contribution is 2.32. The molecule has 0 atom stereocenters. The predicted octanol–water partition coefficient (Wildman–Crippen LogP) is 5.77. The third-order valence-electron chi connectivity index (χ3n) is 4.71. The van der Waals surface area contributed by atoms with E-state index in [-0.39, 0.29) is 11.9 Å². The van der Waals surface area contributed by atoms with Gasteiger partial charge in [-0.05, 0) is 18.9 Å². The van der Waals surface area contributed by atoms with Gasteiger partial charge in [0.2, 0.25) is 0 Å². The van der Waals surface area contributed by atoms with E-state index in [1.807, 2.05) is 0 Å². The molecule has 0 saturated heterocycles. The smallest absolute Gasteiger partial charge is 0.382 e. The standard InChI is InChI=1S/C18H28F3N3/c19-18(20,21)14-12-16(17(22)23-13-14)24-15-10-8-6-4-2-1-3-5-7-9-11-15/h12-13,15,24H,1-11H2,(H2,22,23). The molecule has 1 heterocycles. The first-order valence-corrected chi connectivity index (χ1v) is 9.06. The lowest BCUT2D eigenvalue weighted by atomic mass is 9.97. The molecule has 0 amide bonds. The zero-order valence-electron chi connectivity index (χ0n) is 14.2. The SMILES string of the molecule is Nc1ncc(C(F)(F)F)cc1NC1CCCCCCCCCCC1. The van der Waals surface area contributed by atoms with Gasteiger partial charge in [0, 0.05) is 12.2 Å². The lowest BCUT2D eigenvalue weighted by Crippen LogP contribution is -2.21. The van der Waals surface area contributed by atoms with Crippen LogP contribution in [0.1, 0.15) is 76.2 Å². The molecule has 1 fully saturated rings. The Morgan fingerprint density at radius 1 is 0.917 bits per heavy atom. The van der Waals surface area contributed by atoms with Gasteiger partial charge in [-0.1, -0.05) is 57.8 Å². The number of hydrogen-bond acceptors (Lipinski definition) is 3. The summed E-state index contributed by atoms with van der Waals surface area (Å²) in [5.41, 5.74) is 5.33. The lowest BCUT2D eigenvalue weighted by Gasteiger charge is -2.22. The molecule has 1 aliphatic carbocycles. The number of nitrogens with one attached hydrogen (secondary N) is 1. The number of pyridine rings is 1. The Bertz CT molecular complexity index is 491. The molecule has 1 saturated carbocycles. The highest BCUT2D eigenvalue weighted by Gasteiger charge is 2.31. The number of aromatic nitrogens is 1. The minimum Gasteiger partial charge on any atom is -0.382 e. The first-order chi connectivity index (χ1) is 11.5. The van der Waals surface area contributed by atoms with Crippen molar-refractivity contribution in [2.24, 2.45) is 0 Å². The van der Waals surface area contributed by atoms with Crippen molar-refractivity contribution in [1.82, 2.24) is 4.98 Å². The monoisotopic (exact) mass is 343 g/mol. The van der Waals surface area contributed by atoms with E-state index in [1.54, 1.807) is 0 Å². The Hall–Kier alpha value is -1.46. The van der Waals surface area contributed by atoms with E-state index in [0.717, 1.165) is 37.9 Å². The summed E-state index contributed by atoms with van der Waals surface area (Å²) in [7, 11) is 0. The Morgan fingerprint density at radius 2 is 1.42 bits per heavy atom. The number of anilines is 2. The van der Waals surface area contributed by atoms with E-state index in [0.29, 0.717) is 5.69 Å². The number of rotatable bonds is 2. The van der Waals surface area contributed by atoms with Crippen LogP contribution in [-0.2, 0) is 6.18 Å². The summed E-state index contributed by atoms with van der Waals surface area (Å²) in [6, 6.07) is 1.25. The summed E-state index contributed by atoms with van der Waals surface area (Å²) in [5, 5.41) is 3.23. The van der Waals surface area contributed by atoms with Gasteiger partial charge in [0.05, 0.1) is 11.3 Å². The average Bonchev–Trinajstić information content (AvgIpc) is 2.51. The maximum absolute atomic E-state index is 12.9. The maximum atomic E-state index is 12.9. The minimum absolute atomic E-state index is 0.133. The first-order valence-electron chi connectivity index (χ1n) is 9.06. The molecule has 0 aromatic carbocycles. The number of nitrogens with zero attached hydrogens (tertiary/aromatic N) is 1. The molecule has 1 aromatic heterocycles. The molecule has 1 aromatic rings. The van der Waals surface area contributed by atoms with Gasteiger partial charge in [-0.2, -0.15) is 13.2 Å². The van der Waals surface area contributed by atoms with Crippen molar-refractivity contribution in [3.63, 3.8) is 0 Å². The number of halogens is 3. The van der Waals surface area contributed by atoms with Crippen molar-refractivity contribution >= 4 is 11.5 Å². The van der Waals surface area contributed by atoms with Crippen LogP contribution in [0.15, 0.2) is 12.3 Å². The Balaban J connectivity index is 2.02. The molecular weight excluding hydrogens is 315 g/mol. The first kappa shape index (κ1) is 18.9. The van der Waals surface area contributed by atoms with Crippen LogP contribution in [0.25, 0.3) is 0 Å². The zero-order chi connectivity index (χ0) is 17.4.